The van der Waals surface area contributed by atoms with E-state index < -0.39 is 10.8 Å². The molecule has 0 spiro atoms. The van der Waals surface area contributed by atoms with Crippen molar-refractivity contribution in [1.82, 2.24) is 0 Å². The van der Waals surface area contributed by atoms with E-state index in [0.29, 0.717) is 21.5 Å². The summed E-state index contributed by atoms with van der Waals surface area (Å²) in [6, 6.07) is 23.2. The van der Waals surface area contributed by atoms with E-state index in [4.69, 9.17) is 14.2 Å². The van der Waals surface area contributed by atoms with Crippen molar-refractivity contribution in [2.75, 3.05) is 19.5 Å². The first kappa shape index (κ1) is 27.2. The summed E-state index contributed by atoms with van der Waals surface area (Å²) in [6.07, 6.45) is 1.35. The van der Waals surface area contributed by atoms with Crippen LogP contribution >= 0.6 is 15.9 Å². The molecule has 1 N–H and O–H groups in total. The van der Waals surface area contributed by atoms with E-state index in [0.717, 1.165) is 16.3 Å². The Labute approximate surface area is 232 Å². The molecule has 0 heterocycles. The molecule has 0 aromatic heterocycles. The Morgan fingerprint density at radius 1 is 1.08 bits per heavy atom. The average Bonchev–Trinajstić information content (AvgIpc) is 2.95. The molecular formula is C29H22BrN3O6. The minimum absolute atomic E-state index is 0.0668. The topological polar surface area (TPSA) is 124 Å². The van der Waals surface area contributed by atoms with E-state index in [1.54, 1.807) is 12.1 Å². The first-order chi connectivity index (χ1) is 18.8. The fourth-order valence-electron chi connectivity index (χ4n) is 3.93. The van der Waals surface area contributed by atoms with Crippen LogP contribution in [0.2, 0.25) is 0 Å². The van der Waals surface area contributed by atoms with E-state index in [2.05, 4.69) is 21.2 Å². The maximum absolute atomic E-state index is 12.8. The maximum atomic E-state index is 12.8. The number of benzene rings is 4. The van der Waals surface area contributed by atoms with Crippen LogP contribution in [0.25, 0.3) is 16.8 Å². The van der Waals surface area contributed by atoms with Crippen molar-refractivity contribution in [2.45, 2.75) is 6.61 Å². The molecule has 1 amide bonds. The fourth-order valence-corrected chi connectivity index (χ4v) is 4.51. The Hall–Kier alpha value is -4.88. The molecule has 4 aromatic carbocycles. The third-order valence-corrected chi connectivity index (χ3v) is 6.42. The Kier molecular flexibility index (Phi) is 8.43. The SMILES string of the molecule is COc1ccc(NC(=O)/C(C#N)=C/c2cc(Br)c(OCc3cccc4ccccc34)c(OC)c2)c([N+](=O)[O-])c1. The van der Waals surface area contributed by atoms with Gasteiger partial charge in [-0.15, -0.1) is 0 Å². The third-order valence-electron chi connectivity index (χ3n) is 5.83. The molecule has 9 nitrogen and oxygen atoms in total. The van der Waals surface area contributed by atoms with Gasteiger partial charge in [0.25, 0.3) is 11.6 Å². The van der Waals surface area contributed by atoms with Gasteiger partial charge in [-0.1, -0.05) is 42.5 Å². The van der Waals surface area contributed by atoms with Gasteiger partial charge in [0.05, 0.1) is 29.7 Å². The van der Waals surface area contributed by atoms with Crippen molar-refractivity contribution in [3.8, 4) is 23.3 Å². The van der Waals surface area contributed by atoms with Crippen LogP contribution in [-0.2, 0) is 11.4 Å². The van der Waals surface area contributed by atoms with Gasteiger partial charge in [-0.25, -0.2) is 0 Å². The summed E-state index contributed by atoms with van der Waals surface area (Å²) in [7, 11) is 2.86. The molecule has 0 aliphatic rings. The van der Waals surface area contributed by atoms with Gasteiger partial charge in [0, 0.05) is 0 Å². The number of carbonyl (C=O) groups excluding carboxylic acids is 1. The molecule has 0 unspecified atom stereocenters. The molecule has 0 radical (unpaired) electrons. The van der Waals surface area contributed by atoms with Crippen LogP contribution in [0, 0.1) is 21.4 Å². The van der Waals surface area contributed by atoms with Gasteiger partial charge in [0.1, 0.15) is 29.7 Å². The summed E-state index contributed by atoms with van der Waals surface area (Å²) in [4.78, 5) is 23.6. The lowest BCUT2D eigenvalue weighted by Gasteiger charge is -2.15. The van der Waals surface area contributed by atoms with Gasteiger partial charge in [0.2, 0.25) is 0 Å². The van der Waals surface area contributed by atoms with Crippen LogP contribution in [0.4, 0.5) is 11.4 Å². The van der Waals surface area contributed by atoms with Crippen LogP contribution in [0.15, 0.2) is 82.8 Å². The van der Waals surface area contributed by atoms with Crippen LogP contribution in [-0.4, -0.2) is 25.1 Å². The number of amides is 1. The number of rotatable bonds is 9. The molecule has 0 aliphatic heterocycles. The monoisotopic (exact) mass is 587 g/mol. The van der Waals surface area contributed by atoms with Gasteiger partial charge in [-0.2, -0.15) is 5.26 Å². The van der Waals surface area contributed by atoms with E-state index >= 15 is 0 Å². The molecule has 0 saturated carbocycles. The van der Waals surface area contributed by atoms with Crippen molar-refractivity contribution in [3.05, 3.63) is 104 Å². The Bertz CT molecular complexity index is 1640. The predicted octanol–water partition coefficient (Wildman–Crippen LogP) is 6.65. The van der Waals surface area contributed by atoms with Crippen LogP contribution in [0.5, 0.6) is 17.2 Å². The lowest BCUT2D eigenvalue weighted by Crippen LogP contribution is -2.14. The Balaban J connectivity index is 1.58. The molecule has 196 valence electrons. The van der Waals surface area contributed by atoms with Gasteiger partial charge in [-0.3, -0.25) is 14.9 Å². The second kappa shape index (κ2) is 12.1. The summed E-state index contributed by atoms with van der Waals surface area (Å²) in [5.74, 6) is 0.298. The summed E-state index contributed by atoms with van der Waals surface area (Å²) in [5, 5.41) is 25.7. The number of nitro benzene ring substituents is 1. The summed E-state index contributed by atoms with van der Waals surface area (Å²) in [5.41, 5.74) is 0.785. The quantitative estimate of drug-likeness (QED) is 0.100. The number of nitriles is 1. The normalized spacial score (nSPS) is 11.0. The highest BCUT2D eigenvalue weighted by Gasteiger charge is 2.20. The number of fused-ring (bicyclic) bond motifs is 1. The number of anilines is 1. The highest BCUT2D eigenvalue weighted by atomic mass is 79.9. The smallest absolute Gasteiger partial charge is 0.296 e. The lowest BCUT2D eigenvalue weighted by atomic mass is 10.1. The third kappa shape index (κ3) is 6.17. The average molecular weight is 588 g/mol. The fraction of sp³-hybridized carbons (Fsp3) is 0.103. The number of hydrogen-bond donors (Lipinski definition) is 1. The number of nitrogens with zero attached hydrogens (tertiary/aromatic N) is 2. The summed E-state index contributed by atoms with van der Waals surface area (Å²) < 4.78 is 17.2. The van der Waals surface area contributed by atoms with E-state index in [1.165, 1.54) is 38.5 Å². The van der Waals surface area contributed by atoms with Gasteiger partial charge < -0.3 is 19.5 Å². The lowest BCUT2D eigenvalue weighted by molar-refractivity contribution is -0.384. The predicted molar refractivity (Wildman–Crippen MR) is 151 cm³/mol. The summed E-state index contributed by atoms with van der Waals surface area (Å²) >= 11 is 3.50. The second-order valence-corrected chi connectivity index (χ2v) is 9.08. The number of nitro groups is 1. The molecule has 4 aromatic rings. The van der Waals surface area contributed by atoms with Gasteiger partial charge in [0.15, 0.2) is 11.5 Å². The number of nitrogens with one attached hydrogen (secondary N) is 1. The Morgan fingerprint density at radius 2 is 1.85 bits per heavy atom. The zero-order valence-electron chi connectivity index (χ0n) is 20.9. The molecule has 39 heavy (non-hydrogen) atoms. The minimum Gasteiger partial charge on any atom is -0.496 e. The van der Waals surface area contributed by atoms with Crippen LogP contribution < -0.4 is 19.5 Å². The summed E-state index contributed by atoms with van der Waals surface area (Å²) in [6.45, 7) is 0.290. The number of methoxy groups -OCH3 is 2. The molecule has 0 saturated heterocycles. The zero-order chi connectivity index (χ0) is 27.9. The van der Waals surface area contributed by atoms with Crippen molar-refractivity contribution >= 4 is 50.1 Å². The van der Waals surface area contributed by atoms with Crippen LogP contribution in [0.1, 0.15) is 11.1 Å². The first-order valence-electron chi connectivity index (χ1n) is 11.6. The number of hydrogen-bond acceptors (Lipinski definition) is 7. The first-order valence-corrected chi connectivity index (χ1v) is 12.4. The maximum Gasteiger partial charge on any atom is 0.296 e. The van der Waals surface area contributed by atoms with Crippen molar-refractivity contribution in [3.63, 3.8) is 0 Å². The number of ether oxygens (including phenoxy) is 3. The van der Waals surface area contributed by atoms with Gasteiger partial charge >= 0.3 is 0 Å². The highest BCUT2D eigenvalue weighted by Crippen LogP contribution is 2.38. The number of halogens is 1. The van der Waals surface area contributed by atoms with Crippen molar-refractivity contribution < 1.29 is 23.9 Å². The standard InChI is InChI=1S/C29H22BrN3O6/c1-37-22-10-11-25(26(15-22)33(35)36)32-29(34)21(16-31)12-18-13-24(30)28(27(14-18)38-2)39-17-20-8-5-7-19-6-3-4-9-23(19)20/h3-15H,17H2,1-2H3,(H,32,34)/b21-12+. The highest BCUT2D eigenvalue weighted by molar-refractivity contribution is 9.10. The minimum atomic E-state index is -0.808. The molecule has 4 rings (SSSR count). The molecule has 0 fully saturated rings. The second-order valence-electron chi connectivity index (χ2n) is 8.23. The number of carbonyl (C=O) groups is 1. The van der Waals surface area contributed by atoms with Crippen molar-refractivity contribution in [2.24, 2.45) is 0 Å². The molecular weight excluding hydrogens is 566 g/mol. The van der Waals surface area contributed by atoms with Crippen LogP contribution in [0.3, 0.4) is 0 Å². The molecule has 0 atom stereocenters. The zero-order valence-corrected chi connectivity index (χ0v) is 22.5. The molecule has 0 aliphatic carbocycles. The largest absolute Gasteiger partial charge is 0.496 e. The van der Waals surface area contributed by atoms with E-state index in [9.17, 15) is 20.2 Å². The van der Waals surface area contributed by atoms with E-state index in [-0.39, 0.29) is 29.3 Å². The van der Waals surface area contributed by atoms with E-state index in [1.807, 2.05) is 48.5 Å². The molecule has 10 heteroatoms. The van der Waals surface area contributed by atoms with Crippen molar-refractivity contribution in [1.29, 1.82) is 5.26 Å². The molecule has 0 bridgehead atoms. The van der Waals surface area contributed by atoms with Gasteiger partial charge in [-0.05, 0) is 68.2 Å². The Morgan fingerprint density at radius 3 is 2.56 bits per heavy atom.